The Morgan fingerprint density at radius 2 is 2.07 bits per heavy atom. The lowest BCUT2D eigenvalue weighted by Gasteiger charge is -1.99. The summed E-state index contributed by atoms with van der Waals surface area (Å²) in [6.45, 7) is 4.14. The normalized spacial score (nSPS) is 10.2. The molecule has 0 saturated heterocycles. The van der Waals surface area contributed by atoms with E-state index in [1.807, 2.05) is 6.20 Å². The van der Waals surface area contributed by atoms with Crippen LogP contribution >= 0.6 is 24.0 Å². The van der Waals surface area contributed by atoms with Gasteiger partial charge in [0.1, 0.15) is 5.65 Å². The van der Waals surface area contributed by atoms with Crippen LogP contribution in [0.1, 0.15) is 17.0 Å². The molecule has 2 aromatic heterocycles. The fourth-order valence-corrected chi connectivity index (χ4v) is 1.67. The third-order valence-corrected chi connectivity index (χ3v) is 2.37. The zero-order valence-corrected chi connectivity index (χ0v) is 9.69. The van der Waals surface area contributed by atoms with Gasteiger partial charge in [0, 0.05) is 11.9 Å². The molecule has 2 heterocycles. The minimum atomic E-state index is 0. The van der Waals surface area contributed by atoms with Gasteiger partial charge in [-0.1, -0.05) is 0 Å². The summed E-state index contributed by atoms with van der Waals surface area (Å²) in [5.74, 6) is 0.472. The van der Waals surface area contributed by atoms with Crippen molar-refractivity contribution < 1.29 is 0 Å². The molecule has 0 aliphatic heterocycles. The highest BCUT2D eigenvalue weighted by molar-refractivity contribution is 6.16. The average Bonchev–Trinajstić information content (AvgIpc) is 2.47. The summed E-state index contributed by atoms with van der Waals surface area (Å²) >= 11 is 5.71. The van der Waals surface area contributed by atoms with E-state index < -0.39 is 0 Å². The number of aryl methyl sites for hydroxylation is 2. The van der Waals surface area contributed by atoms with Gasteiger partial charge in [-0.15, -0.1) is 24.0 Å². The second-order valence-corrected chi connectivity index (χ2v) is 3.54. The minimum absolute atomic E-state index is 0. The Kier molecular flexibility index (Phi) is 3.40. The van der Waals surface area contributed by atoms with Gasteiger partial charge in [-0.05, 0) is 31.5 Å². The Labute approximate surface area is 94.3 Å². The van der Waals surface area contributed by atoms with Crippen molar-refractivity contribution >= 4 is 29.7 Å². The molecule has 0 aliphatic rings. The van der Waals surface area contributed by atoms with Gasteiger partial charge in [-0.3, -0.25) is 0 Å². The van der Waals surface area contributed by atoms with E-state index in [9.17, 15) is 0 Å². The molecule has 0 saturated carbocycles. The number of nitrogens with zero attached hydrogens (tertiary/aromatic N) is 2. The number of alkyl halides is 1. The van der Waals surface area contributed by atoms with E-state index in [1.54, 1.807) is 0 Å². The Morgan fingerprint density at radius 3 is 2.71 bits per heavy atom. The summed E-state index contributed by atoms with van der Waals surface area (Å²) < 4.78 is 2.06. The van der Waals surface area contributed by atoms with Crippen LogP contribution in [0.3, 0.4) is 0 Å². The smallest absolute Gasteiger partial charge is 0.137 e. The maximum atomic E-state index is 5.71. The van der Waals surface area contributed by atoms with Gasteiger partial charge >= 0.3 is 0 Å². The van der Waals surface area contributed by atoms with E-state index in [-0.39, 0.29) is 12.4 Å². The van der Waals surface area contributed by atoms with Crippen LogP contribution in [0.2, 0.25) is 0 Å². The Bertz CT molecular complexity index is 449. The number of halogens is 2. The van der Waals surface area contributed by atoms with Crippen molar-refractivity contribution in [3.05, 3.63) is 35.3 Å². The SMILES string of the molecule is Cc1cc(C)n2cc(CCl)nc2c1.Cl. The summed E-state index contributed by atoms with van der Waals surface area (Å²) in [6, 6.07) is 4.19. The number of fused-ring (bicyclic) bond motifs is 1. The summed E-state index contributed by atoms with van der Waals surface area (Å²) in [6.07, 6.45) is 1.98. The molecular formula is C10H12Cl2N2. The molecule has 2 rings (SSSR count). The molecule has 0 aromatic carbocycles. The molecule has 0 aliphatic carbocycles. The number of aromatic nitrogens is 2. The van der Waals surface area contributed by atoms with Gasteiger partial charge in [-0.25, -0.2) is 4.98 Å². The van der Waals surface area contributed by atoms with Gasteiger partial charge in [0.15, 0.2) is 0 Å². The largest absolute Gasteiger partial charge is 0.304 e. The highest BCUT2D eigenvalue weighted by Crippen LogP contribution is 2.12. The van der Waals surface area contributed by atoms with Crippen LogP contribution < -0.4 is 0 Å². The number of imidazole rings is 1. The van der Waals surface area contributed by atoms with Crippen LogP contribution in [-0.2, 0) is 5.88 Å². The Balaban J connectivity index is 0.000000980. The number of pyridine rings is 1. The first kappa shape index (κ1) is 11.3. The van der Waals surface area contributed by atoms with Crippen LogP contribution in [0.5, 0.6) is 0 Å². The molecule has 0 bridgehead atoms. The van der Waals surface area contributed by atoms with Gasteiger partial charge in [-0.2, -0.15) is 0 Å². The maximum absolute atomic E-state index is 5.71. The Hall–Kier alpha value is -0.730. The molecule has 0 fully saturated rings. The summed E-state index contributed by atoms with van der Waals surface area (Å²) in [4.78, 5) is 4.38. The first-order chi connectivity index (χ1) is 6.20. The molecule has 0 N–H and O–H groups in total. The van der Waals surface area contributed by atoms with E-state index in [0.29, 0.717) is 5.88 Å². The molecule has 2 aromatic rings. The molecule has 0 atom stereocenters. The van der Waals surface area contributed by atoms with Gasteiger partial charge in [0.2, 0.25) is 0 Å². The highest BCUT2D eigenvalue weighted by Gasteiger charge is 2.02. The fraction of sp³-hybridized carbons (Fsp3) is 0.300. The number of hydrogen-bond acceptors (Lipinski definition) is 1. The molecule has 0 amide bonds. The highest BCUT2D eigenvalue weighted by atomic mass is 35.5. The van der Waals surface area contributed by atoms with Crippen LogP contribution in [0, 0.1) is 13.8 Å². The van der Waals surface area contributed by atoms with Crippen molar-refractivity contribution in [2.75, 3.05) is 0 Å². The lowest BCUT2D eigenvalue weighted by atomic mass is 10.2. The maximum Gasteiger partial charge on any atom is 0.137 e. The van der Waals surface area contributed by atoms with E-state index in [2.05, 4.69) is 35.4 Å². The standard InChI is InChI=1S/C10H11ClN2.ClH/c1-7-3-8(2)13-6-9(5-11)12-10(13)4-7;/h3-4,6H,5H2,1-2H3;1H. The van der Waals surface area contributed by atoms with Gasteiger partial charge < -0.3 is 4.40 Å². The van der Waals surface area contributed by atoms with Crippen molar-refractivity contribution in [2.45, 2.75) is 19.7 Å². The first-order valence-electron chi connectivity index (χ1n) is 4.22. The molecular weight excluding hydrogens is 219 g/mol. The van der Waals surface area contributed by atoms with E-state index >= 15 is 0 Å². The second kappa shape index (κ2) is 4.20. The van der Waals surface area contributed by atoms with Crippen LogP contribution in [0.15, 0.2) is 18.3 Å². The topological polar surface area (TPSA) is 17.3 Å². The molecule has 2 nitrogen and oxygen atoms in total. The Morgan fingerprint density at radius 1 is 1.36 bits per heavy atom. The third kappa shape index (κ3) is 1.86. The zero-order valence-electron chi connectivity index (χ0n) is 8.12. The van der Waals surface area contributed by atoms with E-state index in [1.165, 1.54) is 11.3 Å². The molecule has 76 valence electrons. The van der Waals surface area contributed by atoms with Gasteiger partial charge in [0.25, 0.3) is 0 Å². The minimum Gasteiger partial charge on any atom is -0.304 e. The fourth-order valence-electron chi connectivity index (χ4n) is 1.54. The van der Waals surface area contributed by atoms with Crippen molar-refractivity contribution in [3.8, 4) is 0 Å². The second-order valence-electron chi connectivity index (χ2n) is 3.27. The molecule has 14 heavy (non-hydrogen) atoms. The summed E-state index contributed by atoms with van der Waals surface area (Å²) in [5.41, 5.74) is 4.33. The van der Waals surface area contributed by atoms with E-state index in [4.69, 9.17) is 11.6 Å². The predicted octanol–water partition coefficient (Wildman–Crippen LogP) is 3.11. The van der Waals surface area contributed by atoms with Crippen LogP contribution in [0.25, 0.3) is 5.65 Å². The predicted molar refractivity (Wildman–Crippen MR) is 61.5 cm³/mol. The average molecular weight is 231 g/mol. The lowest BCUT2D eigenvalue weighted by Crippen LogP contribution is -1.89. The van der Waals surface area contributed by atoms with Gasteiger partial charge in [0.05, 0.1) is 11.6 Å². The van der Waals surface area contributed by atoms with Crippen LogP contribution in [0.4, 0.5) is 0 Å². The molecule has 0 unspecified atom stereocenters. The van der Waals surface area contributed by atoms with E-state index in [0.717, 1.165) is 11.3 Å². The zero-order chi connectivity index (χ0) is 9.42. The monoisotopic (exact) mass is 230 g/mol. The number of hydrogen-bond donors (Lipinski definition) is 0. The van der Waals surface area contributed by atoms with Crippen molar-refractivity contribution in [3.63, 3.8) is 0 Å². The van der Waals surface area contributed by atoms with Crippen molar-refractivity contribution in [1.82, 2.24) is 9.38 Å². The summed E-state index contributed by atoms with van der Waals surface area (Å²) in [5, 5.41) is 0. The van der Waals surface area contributed by atoms with Crippen LogP contribution in [-0.4, -0.2) is 9.38 Å². The third-order valence-electron chi connectivity index (χ3n) is 2.09. The molecule has 0 radical (unpaired) electrons. The lowest BCUT2D eigenvalue weighted by molar-refractivity contribution is 1.08. The molecule has 4 heteroatoms. The number of rotatable bonds is 1. The van der Waals surface area contributed by atoms with Crippen molar-refractivity contribution in [1.29, 1.82) is 0 Å². The summed E-state index contributed by atoms with van der Waals surface area (Å²) in [7, 11) is 0. The first-order valence-corrected chi connectivity index (χ1v) is 4.75. The van der Waals surface area contributed by atoms with Crippen molar-refractivity contribution in [2.24, 2.45) is 0 Å². The molecule has 0 spiro atoms. The quantitative estimate of drug-likeness (QED) is 0.689.